The molecule has 0 spiro atoms. The molecule has 0 aliphatic rings. The van der Waals surface area contributed by atoms with Crippen molar-refractivity contribution in [2.75, 3.05) is 13.2 Å². The zero-order chi connectivity index (χ0) is 15.1. The number of carbonyl (C=O) groups excluding carboxylic acids is 2. The number of hydrogen-bond donors (Lipinski definition) is 0. The Hall–Kier alpha value is -0.880. The summed E-state index contributed by atoms with van der Waals surface area (Å²) in [6.45, 7) is 4.20. The second kappa shape index (κ2) is 8.42. The van der Waals surface area contributed by atoms with Crippen LogP contribution in [0.15, 0.2) is 24.3 Å². The van der Waals surface area contributed by atoms with Crippen molar-refractivity contribution < 1.29 is 19.1 Å². The van der Waals surface area contributed by atoms with Crippen LogP contribution in [0.5, 0.6) is 0 Å². The minimum absolute atomic E-state index is 0.332. The van der Waals surface area contributed by atoms with Crippen molar-refractivity contribution in [1.82, 2.24) is 0 Å². The van der Waals surface area contributed by atoms with Gasteiger partial charge in [0.15, 0.2) is 0 Å². The van der Waals surface area contributed by atoms with Crippen molar-refractivity contribution in [3.05, 3.63) is 35.4 Å². The third-order valence-corrected chi connectivity index (χ3v) is 4.31. The first kappa shape index (κ1) is 17.2. The number of benzene rings is 1. The monoisotopic (exact) mass is 406 g/mol. The fourth-order valence-corrected chi connectivity index (χ4v) is 2.41. The van der Waals surface area contributed by atoms with Gasteiger partial charge in [-0.2, -0.15) is 0 Å². The maximum absolute atomic E-state index is 11.6. The molecule has 1 rings (SSSR count). The number of hydrogen-bond acceptors (Lipinski definition) is 4. The van der Waals surface area contributed by atoms with Crippen molar-refractivity contribution in [3.8, 4) is 0 Å². The van der Waals surface area contributed by atoms with E-state index in [-0.39, 0.29) is 11.9 Å². The van der Waals surface area contributed by atoms with Crippen molar-refractivity contribution in [3.63, 3.8) is 0 Å². The fourth-order valence-electron chi connectivity index (χ4n) is 1.54. The summed E-state index contributed by atoms with van der Waals surface area (Å²) in [5.74, 6) is -0.665. The molecule has 2 unspecified atom stereocenters. The maximum Gasteiger partial charge on any atom is 0.324 e. The lowest BCUT2D eigenvalue weighted by molar-refractivity contribution is -0.143. The third-order valence-electron chi connectivity index (χ3n) is 2.51. The van der Waals surface area contributed by atoms with E-state index >= 15 is 0 Å². The van der Waals surface area contributed by atoms with E-state index in [1.807, 2.05) is 0 Å². The fraction of sp³-hybridized carbons (Fsp3) is 0.429. The molecular weight excluding hydrogens is 392 g/mol. The number of rotatable bonds is 6. The maximum atomic E-state index is 11.6. The molecule has 1 aromatic rings. The van der Waals surface area contributed by atoms with Crippen LogP contribution in [0.1, 0.15) is 34.6 Å². The average molecular weight is 408 g/mol. The Bertz CT molecular complexity index is 416. The number of alkyl halides is 2. The van der Waals surface area contributed by atoms with Gasteiger partial charge in [0.1, 0.15) is 9.65 Å². The van der Waals surface area contributed by atoms with Gasteiger partial charge in [-0.3, -0.25) is 9.59 Å². The van der Waals surface area contributed by atoms with Gasteiger partial charge in [0, 0.05) is 0 Å². The van der Waals surface area contributed by atoms with E-state index < -0.39 is 9.65 Å². The first-order valence-corrected chi connectivity index (χ1v) is 8.05. The molecule has 0 radical (unpaired) electrons. The van der Waals surface area contributed by atoms with Crippen LogP contribution < -0.4 is 0 Å². The van der Waals surface area contributed by atoms with Gasteiger partial charge >= 0.3 is 11.9 Å². The molecule has 0 N–H and O–H groups in total. The second-order valence-electron chi connectivity index (χ2n) is 3.90. The first-order chi connectivity index (χ1) is 9.51. The standard InChI is InChI=1S/C14H16Br2O4/c1-3-19-13(17)11(15)9-5-7-10(8-6-9)12(16)14(18)20-4-2/h5-8,11-12H,3-4H2,1-2H3. The molecule has 0 bridgehead atoms. The Kier molecular flexibility index (Phi) is 7.23. The van der Waals surface area contributed by atoms with Crippen LogP contribution in [-0.4, -0.2) is 25.2 Å². The number of esters is 2. The molecule has 1 aromatic carbocycles. The van der Waals surface area contributed by atoms with Crippen LogP contribution in [0.4, 0.5) is 0 Å². The summed E-state index contributed by atoms with van der Waals surface area (Å²) in [7, 11) is 0. The molecule has 0 fully saturated rings. The van der Waals surface area contributed by atoms with Crippen molar-refractivity contribution >= 4 is 43.8 Å². The predicted molar refractivity (Wildman–Crippen MR) is 83.0 cm³/mol. The normalized spacial score (nSPS) is 13.4. The van der Waals surface area contributed by atoms with E-state index in [9.17, 15) is 9.59 Å². The lowest BCUT2D eigenvalue weighted by atomic mass is 10.1. The molecule has 0 saturated carbocycles. The molecule has 0 saturated heterocycles. The first-order valence-electron chi connectivity index (χ1n) is 6.22. The Morgan fingerprint density at radius 2 is 1.20 bits per heavy atom. The third kappa shape index (κ3) is 4.59. The van der Waals surface area contributed by atoms with Gasteiger partial charge in [0.2, 0.25) is 0 Å². The van der Waals surface area contributed by atoms with Crippen LogP contribution in [0.2, 0.25) is 0 Å². The van der Waals surface area contributed by atoms with E-state index in [1.54, 1.807) is 38.1 Å². The SMILES string of the molecule is CCOC(=O)C(Br)c1ccc(C(Br)C(=O)OCC)cc1. The smallest absolute Gasteiger partial charge is 0.324 e. The Morgan fingerprint density at radius 3 is 1.45 bits per heavy atom. The van der Waals surface area contributed by atoms with Crippen LogP contribution >= 0.6 is 31.9 Å². The Balaban J connectivity index is 2.78. The molecular formula is C14H16Br2O4. The highest BCUT2D eigenvalue weighted by atomic mass is 79.9. The second-order valence-corrected chi connectivity index (χ2v) is 5.73. The van der Waals surface area contributed by atoms with Crippen LogP contribution in [0.3, 0.4) is 0 Å². The summed E-state index contributed by atoms with van der Waals surface area (Å²) in [6.07, 6.45) is 0. The van der Waals surface area contributed by atoms with Gasteiger partial charge in [-0.1, -0.05) is 56.1 Å². The van der Waals surface area contributed by atoms with Crippen molar-refractivity contribution in [2.24, 2.45) is 0 Å². The molecule has 110 valence electrons. The largest absolute Gasteiger partial charge is 0.465 e. The summed E-state index contributed by atoms with van der Waals surface area (Å²) in [4.78, 5) is 22.2. The zero-order valence-corrected chi connectivity index (χ0v) is 14.4. The van der Waals surface area contributed by atoms with E-state index in [4.69, 9.17) is 9.47 Å². The molecule has 2 atom stereocenters. The highest BCUT2D eigenvalue weighted by molar-refractivity contribution is 9.09. The van der Waals surface area contributed by atoms with Crippen LogP contribution in [0.25, 0.3) is 0 Å². The molecule has 0 aliphatic carbocycles. The molecule has 20 heavy (non-hydrogen) atoms. The highest BCUT2D eigenvalue weighted by Crippen LogP contribution is 2.29. The van der Waals surface area contributed by atoms with E-state index in [1.165, 1.54) is 0 Å². The van der Waals surface area contributed by atoms with Gasteiger partial charge in [-0.05, 0) is 25.0 Å². The van der Waals surface area contributed by atoms with Crippen molar-refractivity contribution in [2.45, 2.75) is 23.5 Å². The van der Waals surface area contributed by atoms with Crippen molar-refractivity contribution in [1.29, 1.82) is 0 Å². The topological polar surface area (TPSA) is 52.6 Å². The summed E-state index contributed by atoms with van der Waals surface area (Å²) < 4.78 is 9.87. The minimum Gasteiger partial charge on any atom is -0.465 e. The van der Waals surface area contributed by atoms with Gasteiger partial charge in [0.25, 0.3) is 0 Å². The molecule has 0 aromatic heterocycles. The van der Waals surface area contributed by atoms with Gasteiger partial charge in [-0.25, -0.2) is 0 Å². The van der Waals surface area contributed by atoms with E-state index in [0.717, 1.165) is 11.1 Å². The Labute approximate surface area is 135 Å². The predicted octanol–water partition coefficient (Wildman–Crippen LogP) is 3.68. The molecule has 0 aliphatic heterocycles. The number of ether oxygens (including phenoxy) is 2. The van der Waals surface area contributed by atoms with Crippen LogP contribution in [0, 0.1) is 0 Å². The quantitative estimate of drug-likeness (QED) is 0.533. The Morgan fingerprint density at radius 1 is 0.900 bits per heavy atom. The lowest BCUT2D eigenvalue weighted by Crippen LogP contribution is -2.12. The highest BCUT2D eigenvalue weighted by Gasteiger charge is 2.21. The van der Waals surface area contributed by atoms with E-state index in [2.05, 4.69) is 31.9 Å². The van der Waals surface area contributed by atoms with Gasteiger partial charge < -0.3 is 9.47 Å². The zero-order valence-electron chi connectivity index (χ0n) is 11.3. The molecule has 0 amide bonds. The molecule has 6 heteroatoms. The number of carbonyl (C=O) groups is 2. The van der Waals surface area contributed by atoms with E-state index in [0.29, 0.717) is 13.2 Å². The number of halogens is 2. The minimum atomic E-state index is -0.507. The van der Waals surface area contributed by atoms with Gasteiger partial charge in [-0.15, -0.1) is 0 Å². The summed E-state index contributed by atoms with van der Waals surface area (Å²) in [6, 6.07) is 7.11. The summed E-state index contributed by atoms with van der Waals surface area (Å²) in [5, 5.41) is 0. The molecule has 0 heterocycles. The lowest BCUT2D eigenvalue weighted by Gasteiger charge is -2.12. The summed E-state index contributed by atoms with van der Waals surface area (Å²) >= 11 is 6.58. The van der Waals surface area contributed by atoms with Gasteiger partial charge in [0.05, 0.1) is 13.2 Å². The molecule has 4 nitrogen and oxygen atoms in total. The summed E-state index contributed by atoms with van der Waals surface area (Å²) in [5.41, 5.74) is 1.55. The average Bonchev–Trinajstić information content (AvgIpc) is 2.46. The van der Waals surface area contributed by atoms with Crippen LogP contribution in [-0.2, 0) is 19.1 Å².